The molecule has 4 aromatic rings. The number of rotatable bonds is 4. The summed E-state index contributed by atoms with van der Waals surface area (Å²) in [5.74, 6) is 1.45. The summed E-state index contributed by atoms with van der Waals surface area (Å²) >= 11 is 0. The Bertz CT molecular complexity index is 1350. The van der Waals surface area contributed by atoms with Crippen molar-refractivity contribution < 1.29 is 19.1 Å². The van der Waals surface area contributed by atoms with E-state index in [1.165, 1.54) is 16.0 Å². The zero-order chi connectivity index (χ0) is 21.8. The third-order valence-corrected chi connectivity index (χ3v) is 6.25. The summed E-state index contributed by atoms with van der Waals surface area (Å²) in [6.45, 7) is 0. The predicted molar refractivity (Wildman–Crippen MR) is 122 cm³/mol. The van der Waals surface area contributed by atoms with Crippen molar-refractivity contribution in [2.45, 2.75) is 12.8 Å². The SMILES string of the molecule is COc1ccc(Oc2ccc(N3C(=O)c4ccc5c6c(ccc(c46)C3=O)CC5)cc2)cc1. The second-order valence-corrected chi connectivity index (χ2v) is 8.01. The van der Waals surface area contributed by atoms with Crippen LogP contribution >= 0.6 is 0 Å². The number of nitrogens with zero attached hydrogens (tertiary/aromatic N) is 1. The maximum absolute atomic E-state index is 13.4. The molecule has 0 bridgehead atoms. The van der Waals surface area contributed by atoms with Crippen molar-refractivity contribution in [3.05, 3.63) is 95.1 Å². The van der Waals surface area contributed by atoms with Gasteiger partial charge in [0, 0.05) is 16.5 Å². The van der Waals surface area contributed by atoms with E-state index in [4.69, 9.17) is 9.47 Å². The van der Waals surface area contributed by atoms with Crippen LogP contribution in [0.5, 0.6) is 17.2 Å². The van der Waals surface area contributed by atoms with E-state index in [0.29, 0.717) is 28.3 Å². The number of hydrogen-bond donors (Lipinski definition) is 0. The molecule has 0 saturated heterocycles. The van der Waals surface area contributed by atoms with Gasteiger partial charge in [0.05, 0.1) is 12.8 Å². The van der Waals surface area contributed by atoms with E-state index in [1.807, 2.05) is 48.5 Å². The Morgan fingerprint density at radius 3 is 1.66 bits per heavy atom. The lowest BCUT2D eigenvalue weighted by Crippen LogP contribution is -2.40. The fourth-order valence-electron chi connectivity index (χ4n) is 4.70. The minimum atomic E-state index is -0.290. The van der Waals surface area contributed by atoms with Crippen LogP contribution in [-0.2, 0) is 12.8 Å². The van der Waals surface area contributed by atoms with Gasteiger partial charge in [-0.25, -0.2) is 4.90 Å². The summed E-state index contributed by atoms with van der Waals surface area (Å²) in [5.41, 5.74) is 4.12. The molecule has 1 aliphatic heterocycles. The summed E-state index contributed by atoms with van der Waals surface area (Å²) in [5, 5.41) is 1.90. The molecule has 0 saturated carbocycles. The first-order chi connectivity index (χ1) is 15.6. The molecular weight excluding hydrogens is 402 g/mol. The highest BCUT2D eigenvalue weighted by molar-refractivity contribution is 6.36. The Morgan fingerprint density at radius 2 is 1.12 bits per heavy atom. The highest BCUT2D eigenvalue weighted by Gasteiger charge is 2.35. The third-order valence-electron chi connectivity index (χ3n) is 6.25. The van der Waals surface area contributed by atoms with Gasteiger partial charge < -0.3 is 9.47 Å². The van der Waals surface area contributed by atoms with E-state index in [2.05, 4.69) is 0 Å². The van der Waals surface area contributed by atoms with Crippen LogP contribution in [0.1, 0.15) is 31.8 Å². The van der Waals surface area contributed by atoms with E-state index in [-0.39, 0.29) is 11.8 Å². The monoisotopic (exact) mass is 421 g/mol. The summed E-state index contributed by atoms with van der Waals surface area (Å²) in [6, 6.07) is 22.0. The number of carbonyl (C=O) groups excluding carboxylic acids is 2. The molecule has 5 heteroatoms. The van der Waals surface area contributed by atoms with Crippen LogP contribution in [0.25, 0.3) is 10.8 Å². The van der Waals surface area contributed by atoms with Crippen molar-refractivity contribution in [1.82, 2.24) is 0 Å². The van der Waals surface area contributed by atoms with E-state index in [0.717, 1.165) is 29.4 Å². The lowest BCUT2D eigenvalue weighted by Gasteiger charge is -2.27. The van der Waals surface area contributed by atoms with E-state index >= 15 is 0 Å². The Hall–Kier alpha value is -4.12. The average Bonchev–Trinajstić information content (AvgIpc) is 3.25. The predicted octanol–water partition coefficient (Wildman–Crippen LogP) is 5.54. The van der Waals surface area contributed by atoms with Gasteiger partial charge in [-0.1, -0.05) is 12.1 Å². The summed E-state index contributed by atoms with van der Waals surface area (Å²) in [7, 11) is 1.61. The van der Waals surface area contributed by atoms with Crippen LogP contribution in [-0.4, -0.2) is 18.9 Å². The van der Waals surface area contributed by atoms with Gasteiger partial charge in [0.25, 0.3) is 11.8 Å². The van der Waals surface area contributed by atoms with Crippen LogP contribution in [0.3, 0.4) is 0 Å². The van der Waals surface area contributed by atoms with Crippen molar-refractivity contribution in [2.24, 2.45) is 0 Å². The molecule has 0 radical (unpaired) electrons. The molecule has 0 fully saturated rings. The van der Waals surface area contributed by atoms with Gasteiger partial charge in [-0.15, -0.1) is 0 Å². The van der Waals surface area contributed by atoms with Gasteiger partial charge in [-0.3, -0.25) is 9.59 Å². The van der Waals surface area contributed by atoms with Gasteiger partial charge >= 0.3 is 0 Å². The van der Waals surface area contributed by atoms with Crippen molar-refractivity contribution >= 4 is 28.3 Å². The molecule has 156 valence electrons. The van der Waals surface area contributed by atoms with Crippen molar-refractivity contribution in [2.75, 3.05) is 12.0 Å². The standard InChI is InChI=1S/C27H19NO4/c1-31-19-10-12-21(13-11-19)32-20-8-6-18(7-9-20)28-26(29)22-14-4-16-2-3-17-5-15-23(27(28)30)25(22)24(16)17/h4-15H,2-3H2,1H3. The molecule has 0 unspecified atom stereocenters. The lowest BCUT2D eigenvalue weighted by atomic mass is 9.91. The first-order valence-corrected chi connectivity index (χ1v) is 10.5. The molecular formula is C27H19NO4. The summed E-state index contributed by atoms with van der Waals surface area (Å²) in [6.07, 6.45) is 1.91. The van der Waals surface area contributed by atoms with Gasteiger partial charge in [0.1, 0.15) is 17.2 Å². The zero-order valence-corrected chi connectivity index (χ0v) is 17.4. The number of imide groups is 1. The molecule has 0 aromatic heterocycles. The maximum atomic E-state index is 13.4. The molecule has 4 aromatic carbocycles. The summed E-state index contributed by atoms with van der Waals surface area (Å²) in [4.78, 5) is 28.0. The van der Waals surface area contributed by atoms with Crippen LogP contribution in [0, 0.1) is 0 Å². The first kappa shape index (κ1) is 18.6. The van der Waals surface area contributed by atoms with E-state index in [1.54, 1.807) is 31.4 Å². The van der Waals surface area contributed by atoms with E-state index < -0.39 is 0 Å². The van der Waals surface area contributed by atoms with Crippen molar-refractivity contribution in [3.8, 4) is 17.2 Å². The Balaban J connectivity index is 1.34. The van der Waals surface area contributed by atoms with Gasteiger partial charge in [-0.2, -0.15) is 0 Å². The molecule has 6 rings (SSSR count). The number of ether oxygens (including phenoxy) is 2. The number of hydrogen-bond acceptors (Lipinski definition) is 4. The number of anilines is 1. The molecule has 2 aliphatic rings. The molecule has 0 atom stereocenters. The number of methoxy groups -OCH3 is 1. The average molecular weight is 421 g/mol. The zero-order valence-electron chi connectivity index (χ0n) is 17.4. The van der Waals surface area contributed by atoms with Crippen LogP contribution in [0.2, 0.25) is 0 Å². The van der Waals surface area contributed by atoms with Gasteiger partial charge in [0.15, 0.2) is 0 Å². The Kier molecular flexibility index (Phi) is 4.05. The Labute approximate surface area is 184 Å². The third kappa shape index (κ3) is 2.71. The fourth-order valence-corrected chi connectivity index (χ4v) is 4.70. The molecule has 0 spiro atoms. The normalized spacial score (nSPS) is 14.2. The molecule has 0 N–H and O–H groups in total. The van der Waals surface area contributed by atoms with Gasteiger partial charge in [-0.05, 0) is 90.0 Å². The topological polar surface area (TPSA) is 55.8 Å². The van der Waals surface area contributed by atoms with Crippen LogP contribution < -0.4 is 14.4 Å². The van der Waals surface area contributed by atoms with E-state index in [9.17, 15) is 9.59 Å². The molecule has 5 nitrogen and oxygen atoms in total. The quantitative estimate of drug-likeness (QED) is 0.406. The highest BCUT2D eigenvalue weighted by Crippen LogP contribution is 2.39. The number of amides is 2. The highest BCUT2D eigenvalue weighted by atomic mass is 16.5. The maximum Gasteiger partial charge on any atom is 0.265 e. The second kappa shape index (κ2) is 6.95. The van der Waals surface area contributed by atoms with Crippen LogP contribution in [0.15, 0.2) is 72.8 Å². The van der Waals surface area contributed by atoms with Gasteiger partial charge in [0.2, 0.25) is 0 Å². The van der Waals surface area contributed by atoms with Crippen molar-refractivity contribution in [1.29, 1.82) is 0 Å². The lowest BCUT2D eigenvalue weighted by molar-refractivity contribution is 0.0893. The minimum absolute atomic E-state index is 0.290. The fraction of sp³-hybridized carbons (Fsp3) is 0.111. The molecule has 1 heterocycles. The number of carbonyl (C=O) groups is 2. The second-order valence-electron chi connectivity index (χ2n) is 8.01. The smallest absolute Gasteiger partial charge is 0.265 e. The number of benzene rings is 4. The van der Waals surface area contributed by atoms with Crippen LogP contribution in [0.4, 0.5) is 5.69 Å². The molecule has 2 amide bonds. The number of aryl methyl sites for hydroxylation is 2. The van der Waals surface area contributed by atoms with Crippen molar-refractivity contribution in [3.63, 3.8) is 0 Å². The Morgan fingerprint density at radius 1 is 0.625 bits per heavy atom. The minimum Gasteiger partial charge on any atom is -0.497 e. The largest absolute Gasteiger partial charge is 0.497 e. The summed E-state index contributed by atoms with van der Waals surface area (Å²) < 4.78 is 11.0. The first-order valence-electron chi connectivity index (χ1n) is 10.5. The molecule has 32 heavy (non-hydrogen) atoms. The molecule has 1 aliphatic carbocycles.